The predicted molar refractivity (Wildman–Crippen MR) is 74.6 cm³/mol. The molecule has 0 amide bonds. The SMILES string of the molecule is CN(CC(=O)c1ccc(Cl)cc1Cl)C(C)(C)CO. The number of rotatable bonds is 5. The van der Waals surface area contributed by atoms with Crippen LogP contribution in [0, 0.1) is 0 Å². The van der Waals surface area contributed by atoms with Gasteiger partial charge in [0.05, 0.1) is 18.2 Å². The van der Waals surface area contributed by atoms with E-state index in [2.05, 4.69) is 0 Å². The largest absolute Gasteiger partial charge is 0.394 e. The molecule has 0 aliphatic carbocycles. The van der Waals surface area contributed by atoms with Crippen molar-refractivity contribution in [3.05, 3.63) is 33.8 Å². The Labute approximate surface area is 117 Å². The fraction of sp³-hybridized carbons (Fsp3) is 0.462. The Hall–Kier alpha value is -0.610. The number of likely N-dealkylation sites (N-methyl/N-ethyl adjacent to an activating group) is 1. The van der Waals surface area contributed by atoms with Gasteiger partial charge in [0.2, 0.25) is 0 Å². The molecule has 1 rings (SSSR count). The molecule has 0 heterocycles. The molecular weight excluding hydrogens is 273 g/mol. The van der Waals surface area contributed by atoms with Crippen molar-refractivity contribution in [3.63, 3.8) is 0 Å². The summed E-state index contributed by atoms with van der Waals surface area (Å²) in [7, 11) is 1.79. The second kappa shape index (κ2) is 6.02. The Balaban J connectivity index is 2.83. The van der Waals surface area contributed by atoms with Crippen molar-refractivity contribution in [2.45, 2.75) is 19.4 Å². The average Bonchev–Trinajstić information content (AvgIpc) is 2.28. The minimum Gasteiger partial charge on any atom is -0.394 e. The van der Waals surface area contributed by atoms with Crippen molar-refractivity contribution in [1.82, 2.24) is 4.90 Å². The van der Waals surface area contributed by atoms with Gasteiger partial charge >= 0.3 is 0 Å². The lowest BCUT2D eigenvalue weighted by molar-refractivity contribution is 0.0659. The van der Waals surface area contributed by atoms with Crippen LogP contribution in [-0.4, -0.2) is 41.5 Å². The van der Waals surface area contributed by atoms with Crippen LogP contribution in [0.15, 0.2) is 18.2 Å². The van der Waals surface area contributed by atoms with Crippen molar-refractivity contribution in [3.8, 4) is 0 Å². The first-order valence-corrected chi connectivity index (χ1v) is 6.34. The van der Waals surface area contributed by atoms with Crippen LogP contribution in [0.5, 0.6) is 0 Å². The van der Waals surface area contributed by atoms with Crippen molar-refractivity contribution in [2.24, 2.45) is 0 Å². The van der Waals surface area contributed by atoms with E-state index in [4.69, 9.17) is 23.2 Å². The number of hydrogen-bond donors (Lipinski definition) is 1. The summed E-state index contributed by atoms with van der Waals surface area (Å²) in [5, 5.41) is 10.1. The van der Waals surface area contributed by atoms with Gasteiger partial charge in [-0.3, -0.25) is 9.69 Å². The number of nitrogens with zero attached hydrogens (tertiary/aromatic N) is 1. The fourth-order valence-corrected chi connectivity index (χ4v) is 1.86. The van der Waals surface area contributed by atoms with Crippen LogP contribution in [0.1, 0.15) is 24.2 Å². The highest BCUT2D eigenvalue weighted by molar-refractivity contribution is 6.36. The van der Waals surface area contributed by atoms with E-state index in [9.17, 15) is 9.90 Å². The maximum Gasteiger partial charge on any atom is 0.178 e. The first-order chi connectivity index (χ1) is 8.27. The number of hydrogen-bond acceptors (Lipinski definition) is 3. The molecule has 18 heavy (non-hydrogen) atoms. The number of aliphatic hydroxyl groups is 1. The van der Waals surface area contributed by atoms with Crippen LogP contribution in [0.4, 0.5) is 0 Å². The van der Waals surface area contributed by atoms with E-state index >= 15 is 0 Å². The maximum atomic E-state index is 12.1. The van der Waals surface area contributed by atoms with E-state index < -0.39 is 5.54 Å². The Bertz CT molecular complexity index is 447. The smallest absolute Gasteiger partial charge is 0.178 e. The van der Waals surface area contributed by atoms with Gasteiger partial charge in [-0.05, 0) is 39.1 Å². The molecule has 1 aromatic rings. The van der Waals surface area contributed by atoms with E-state index in [0.717, 1.165) is 0 Å². The highest BCUT2D eigenvalue weighted by Crippen LogP contribution is 2.22. The van der Waals surface area contributed by atoms with Gasteiger partial charge in [0, 0.05) is 16.1 Å². The molecule has 3 nitrogen and oxygen atoms in total. The van der Waals surface area contributed by atoms with Crippen LogP contribution in [0.3, 0.4) is 0 Å². The van der Waals surface area contributed by atoms with Gasteiger partial charge in [-0.15, -0.1) is 0 Å². The van der Waals surface area contributed by atoms with Gasteiger partial charge in [-0.1, -0.05) is 23.2 Å². The molecule has 0 saturated heterocycles. The molecule has 100 valence electrons. The molecule has 0 radical (unpaired) electrons. The number of carbonyl (C=O) groups is 1. The lowest BCUT2D eigenvalue weighted by Crippen LogP contribution is -2.46. The number of halogens is 2. The number of carbonyl (C=O) groups excluding carboxylic acids is 1. The summed E-state index contributed by atoms with van der Waals surface area (Å²) in [6.45, 7) is 3.90. The van der Waals surface area contributed by atoms with E-state index in [1.807, 2.05) is 13.8 Å². The molecular formula is C13H17Cl2NO2. The summed E-state index contributed by atoms with van der Waals surface area (Å²) in [6, 6.07) is 4.80. The normalized spacial score (nSPS) is 11.9. The van der Waals surface area contributed by atoms with Gasteiger partial charge in [-0.25, -0.2) is 0 Å². The molecule has 0 spiro atoms. The first-order valence-electron chi connectivity index (χ1n) is 5.58. The van der Waals surface area contributed by atoms with E-state index in [1.165, 1.54) is 0 Å². The van der Waals surface area contributed by atoms with Crippen LogP contribution in [0.25, 0.3) is 0 Å². The average molecular weight is 290 g/mol. The zero-order chi connectivity index (χ0) is 13.9. The molecule has 0 bridgehead atoms. The second-order valence-electron chi connectivity index (χ2n) is 4.87. The third kappa shape index (κ3) is 3.69. The van der Waals surface area contributed by atoms with Gasteiger partial charge in [-0.2, -0.15) is 0 Å². The topological polar surface area (TPSA) is 40.5 Å². The van der Waals surface area contributed by atoms with E-state index in [1.54, 1.807) is 30.1 Å². The molecule has 0 saturated carbocycles. The Morgan fingerprint density at radius 2 is 2.00 bits per heavy atom. The minimum absolute atomic E-state index is 0.0227. The number of benzene rings is 1. The van der Waals surface area contributed by atoms with E-state index in [0.29, 0.717) is 15.6 Å². The summed E-state index contributed by atoms with van der Waals surface area (Å²) < 4.78 is 0. The highest BCUT2D eigenvalue weighted by atomic mass is 35.5. The third-order valence-electron chi connectivity index (χ3n) is 3.03. The van der Waals surface area contributed by atoms with Crippen molar-refractivity contribution >= 4 is 29.0 Å². The molecule has 1 aromatic carbocycles. The molecule has 0 aliphatic heterocycles. The quantitative estimate of drug-likeness (QED) is 0.848. The zero-order valence-electron chi connectivity index (χ0n) is 10.7. The Kier molecular flexibility index (Phi) is 5.17. The van der Waals surface area contributed by atoms with Crippen LogP contribution < -0.4 is 0 Å². The van der Waals surface area contributed by atoms with Crippen molar-refractivity contribution < 1.29 is 9.90 Å². The van der Waals surface area contributed by atoms with Gasteiger partial charge in [0.1, 0.15) is 0 Å². The lowest BCUT2D eigenvalue weighted by Gasteiger charge is -2.33. The summed E-state index contributed by atoms with van der Waals surface area (Å²) in [6.07, 6.45) is 0. The molecule has 0 atom stereocenters. The van der Waals surface area contributed by atoms with Gasteiger partial charge in [0.15, 0.2) is 5.78 Å². The monoisotopic (exact) mass is 289 g/mol. The zero-order valence-corrected chi connectivity index (χ0v) is 12.2. The van der Waals surface area contributed by atoms with Crippen molar-refractivity contribution in [1.29, 1.82) is 0 Å². The van der Waals surface area contributed by atoms with Crippen LogP contribution in [0.2, 0.25) is 10.0 Å². The fourth-order valence-electron chi connectivity index (χ4n) is 1.35. The molecule has 5 heteroatoms. The Morgan fingerprint density at radius 3 is 2.50 bits per heavy atom. The molecule has 0 fully saturated rings. The van der Waals surface area contributed by atoms with Crippen LogP contribution >= 0.6 is 23.2 Å². The number of ketones is 1. The number of Topliss-reactive ketones (excluding diaryl/α,β-unsaturated/α-hetero) is 1. The molecule has 0 aliphatic rings. The molecule has 1 N–H and O–H groups in total. The maximum absolute atomic E-state index is 12.1. The van der Waals surface area contributed by atoms with Crippen molar-refractivity contribution in [2.75, 3.05) is 20.2 Å². The van der Waals surface area contributed by atoms with Crippen LogP contribution in [-0.2, 0) is 0 Å². The van der Waals surface area contributed by atoms with E-state index in [-0.39, 0.29) is 18.9 Å². The summed E-state index contributed by atoms with van der Waals surface area (Å²) >= 11 is 11.8. The molecule has 0 aromatic heterocycles. The third-order valence-corrected chi connectivity index (χ3v) is 3.58. The minimum atomic E-state index is -0.450. The summed E-state index contributed by atoms with van der Waals surface area (Å²) in [4.78, 5) is 13.9. The lowest BCUT2D eigenvalue weighted by atomic mass is 10.0. The summed E-state index contributed by atoms with van der Waals surface area (Å²) in [5.41, 5.74) is -0.00386. The standard InChI is InChI=1S/C13H17Cl2NO2/c1-13(2,8-17)16(3)7-12(18)10-5-4-9(14)6-11(10)15/h4-6,17H,7-8H2,1-3H3. The molecule has 0 unspecified atom stereocenters. The highest BCUT2D eigenvalue weighted by Gasteiger charge is 2.25. The first kappa shape index (κ1) is 15.4. The second-order valence-corrected chi connectivity index (χ2v) is 5.72. The predicted octanol–water partition coefficient (Wildman–Crippen LogP) is 2.88. The summed E-state index contributed by atoms with van der Waals surface area (Å²) in [5.74, 6) is -0.0966. The number of aliphatic hydroxyl groups excluding tert-OH is 1. The van der Waals surface area contributed by atoms with Gasteiger partial charge < -0.3 is 5.11 Å². The Morgan fingerprint density at radius 1 is 1.39 bits per heavy atom. The van der Waals surface area contributed by atoms with Gasteiger partial charge in [0.25, 0.3) is 0 Å².